The summed E-state index contributed by atoms with van der Waals surface area (Å²) in [6.45, 7) is 7.11. The highest BCUT2D eigenvalue weighted by Gasteiger charge is 2.35. The number of H-pyrrole nitrogens is 1. The summed E-state index contributed by atoms with van der Waals surface area (Å²) in [5.41, 5.74) is 1.83. The third-order valence-electron chi connectivity index (χ3n) is 7.54. The van der Waals surface area contributed by atoms with Crippen LogP contribution in [-0.4, -0.2) is 71.6 Å². The van der Waals surface area contributed by atoms with Crippen molar-refractivity contribution in [2.24, 2.45) is 5.92 Å². The molecule has 11 heteroatoms. The standard InChI is InChI=1S/C27H31F3N6O2/c1-2-31-21-13-22(34-25-23(21)19(14-32-25)27(28,29)30)33-20-6-5-18(17-7-12-38-24(17)20)26(37)36-10-8-35(9-11-36)15-16-3-4-16/h5-6,13-14,16H,2-4,7-12,15H2,1H3,(H3,31,32,33,34). The lowest BCUT2D eigenvalue weighted by molar-refractivity contribution is -0.136. The number of halogens is 3. The summed E-state index contributed by atoms with van der Waals surface area (Å²) in [6, 6.07) is 5.17. The van der Waals surface area contributed by atoms with Gasteiger partial charge in [0.15, 0.2) is 0 Å². The second-order valence-corrected chi connectivity index (χ2v) is 10.2. The fraction of sp³-hybridized carbons (Fsp3) is 0.481. The van der Waals surface area contributed by atoms with Gasteiger partial charge in [0, 0.05) is 74.8 Å². The van der Waals surface area contributed by atoms with Gasteiger partial charge in [-0.25, -0.2) is 4.98 Å². The van der Waals surface area contributed by atoms with Crippen molar-refractivity contribution in [1.29, 1.82) is 0 Å². The van der Waals surface area contributed by atoms with Crippen molar-refractivity contribution in [3.05, 3.63) is 41.1 Å². The number of carbonyl (C=O) groups excluding carboxylic acids is 1. The molecular weight excluding hydrogens is 497 g/mol. The molecule has 1 aromatic carbocycles. The predicted octanol–water partition coefficient (Wildman–Crippen LogP) is 4.86. The molecule has 202 valence electrons. The molecule has 3 aromatic rings. The largest absolute Gasteiger partial charge is 0.491 e. The number of hydrogen-bond acceptors (Lipinski definition) is 6. The van der Waals surface area contributed by atoms with Gasteiger partial charge in [0.1, 0.15) is 17.2 Å². The molecule has 2 aromatic heterocycles. The molecule has 3 aliphatic rings. The molecule has 1 amide bonds. The van der Waals surface area contributed by atoms with Crippen molar-refractivity contribution in [2.75, 3.05) is 56.5 Å². The van der Waals surface area contributed by atoms with Gasteiger partial charge in [-0.3, -0.25) is 9.69 Å². The topological polar surface area (TPSA) is 85.5 Å². The second kappa shape index (κ2) is 9.68. The minimum atomic E-state index is -4.50. The Morgan fingerprint density at radius 1 is 1.18 bits per heavy atom. The van der Waals surface area contributed by atoms with Crippen LogP contribution in [0.25, 0.3) is 11.0 Å². The van der Waals surface area contributed by atoms with Crippen molar-refractivity contribution in [2.45, 2.75) is 32.4 Å². The molecule has 2 aliphatic heterocycles. The Hall–Kier alpha value is -3.47. The molecule has 0 unspecified atom stereocenters. The van der Waals surface area contributed by atoms with E-state index in [0.717, 1.165) is 37.3 Å². The van der Waals surface area contributed by atoms with Gasteiger partial charge in [-0.2, -0.15) is 13.2 Å². The molecule has 0 atom stereocenters. The first-order chi connectivity index (χ1) is 18.3. The number of aromatic amines is 1. The van der Waals surface area contributed by atoms with E-state index in [1.807, 2.05) is 17.9 Å². The normalized spacial score (nSPS) is 17.9. The summed E-state index contributed by atoms with van der Waals surface area (Å²) >= 11 is 0. The number of piperazine rings is 1. The van der Waals surface area contributed by atoms with Crippen molar-refractivity contribution in [3.63, 3.8) is 0 Å². The van der Waals surface area contributed by atoms with Crippen molar-refractivity contribution >= 4 is 34.1 Å². The summed E-state index contributed by atoms with van der Waals surface area (Å²) in [4.78, 5) is 24.9. The smallest absolute Gasteiger partial charge is 0.418 e. The van der Waals surface area contributed by atoms with Crippen LogP contribution >= 0.6 is 0 Å². The van der Waals surface area contributed by atoms with E-state index in [-0.39, 0.29) is 16.9 Å². The molecule has 1 saturated heterocycles. The van der Waals surface area contributed by atoms with Crippen LogP contribution in [0.2, 0.25) is 0 Å². The molecule has 1 aliphatic carbocycles. The summed E-state index contributed by atoms with van der Waals surface area (Å²) in [6.07, 6.45) is -0.292. The third kappa shape index (κ3) is 4.75. The zero-order chi connectivity index (χ0) is 26.4. The number of aromatic nitrogens is 2. The van der Waals surface area contributed by atoms with Crippen LogP contribution < -0.4 is 15.4 Å². The van der Waals surface area contributed by atoms with Crippen LogP contribution in [0.5, 0.6) is 5.75 Å². The first-order valence-electron chi connectivity index (χ1n) is 13.2. The van der Waals surface area contributed by atoms with Crippen LogP contribution in [0.15, 0.2) is 24.4 Å². The number of rotatable bonds is 7. The number of anilines is 3. The van der Waals surface area contributed by atoms with Crippen molar-refractivity contribution in [3.8, 4) is 5.75 Å². The fourth-order valence-corrected chi connectivity index (χ4v) is 5.45. The molecule has 1 saturated carbocycles. The quantitative estimate of drug-likeness (QED) is 0.406. The SMILES string of the molecule is CCNc1cc(Nc2ccc(C(=O)N3CCN(CC4CC4)CC3)c3c2OCC3)nc2[nH]cc(C(F)(F)F)c12. The summed E-state index contributed by atoms with van der Waals surface area (Å²) < 4.78 is 46.5. The lowest BCUT2D eigenvalue weighted by Crippen LogP contribution is -2.49. The predicted molar refractivity (Wildman–Crippen MR) is 139 cm³/mol. The number of amides is 1. The fourth-order valence-electron chi connectivity index (χ4n) is 5.45. The van der Waals surface area contributed by atoms with E-state index in [9.17, 15) is 18.0 Å². The highest BCUT2D eigenvalue weighted by atomic mass is 19.4. The average Bonchev–Trinajstić information content (AvgIpc) is 3.36. The maximum absolute atomic E-state index is 13.5. The molecule has 4 heterocycles. The number of fused-ring (bicyclic) bond motifs is 2. The zero-order valence-corrected chi connectivity index (χ0v) is 21.2. The maximum atomic E-state index is 13.5. The van der Waals surface area contributed by atoms with Gasteiger partial charge in [0.2, 0.25) is 0 Å². The molecule has 0 spiro atoms. The Morgan fingerprint density at radius 3 is 2.68 bits per heavy atom. The van der Waals surface area contributed by atoms with Crippen molar-refractivity contribution in [1.82, 2.24) is 19.8 Å². The Kier molecular flexibility index (Phi) is 6.33. The number of nitrogens with one attached hydrogen (secondary N) is 3. The van der Waals surface area contributed by atoms with E-state index in [2.05, 4.69) is 25.5 Å². The van der Waals surface area contributed by atoms with E-state index in [1.54, 1.807) is 12.1 Å². The van der Waals surface area contributed by atoms with Gasteiger partial charge in [-0.1, -0.05) is 0 Å². The minimum absolute atomic E-state index is 0.00421. The number of benzene rings is 1. The van der Waals surface area contributed by atoms with E-state index in [1.165, 1.54) is 12.8 Å². The van der Waals surface area contributed by atoms with Crippen LogP contribution in [0, 0.1) is 5.92 Å². The number of pyridine rings is 1. The maximum Gasteiger partial charge on any atom is 0.418 e. The molecule has 38 heavy (non-hydrogen) atoms. The lowest BCUT2D eigenvalue weighted by Gasteiger charge is -2.35. The van der Waals surface area contributed by atoms with Crippen LogP contribution in [-0.2, 0) is 12.6 Å². The number of ether oxygens (including phenoxy) is 1. The highest BCUT2D eigenvalue weighted by molar-refractivity contribution is 5.98. The zero-order valence-electron chi connectivity index (χ0n) is 21.2. The average molecular weight is 529 g/mol. The Labute approximate surface area is 218 Å². The van der Waals surface area contributed by atoms with E-state index in [0.29, 0.717) is 61.2 Å². The summed E-state index contributed by atoms with van der Waals surface area (Å²) in [5, 5.41) is 6.23. The molecule has 2 fully saturated rings. The minimum Gasteiger partial charge on any atom is -0.491 e. The number of nitrogens with zero attached hydrogens (tertiary/aromatic N) is 3. The Morgan fingerprint density at radius 2 is 1.97 bits per heavy atom. The third-order valence-corrected chi connectivity index (χ3v) is 7.54. The van der Waals surface area contributed by atoms with Gasteiger partial charge < -0.3 is 25.3 Å². The molecule has 8 nitrogen and oxygen atoms in total. The molecule has 6 rings (SSSR count). The second-order valence-electron chi connectivity index (χ2n) is 10.2. The molecule has 0 bridgehead atoms. The monoisotopic (exact) mass is 528 g/mol. The highest BCUT2D eigenvalue weighted by Crippen LogP contribution is 2.41. The van der Waals surface area contributed by atoms with Crippen LogP contribution in [0.1, 0.15) is 41.3 Å². The van der Waals surface area contributed by atoms with Crippen molar-refractivity contribution < 1.29 is 22.7 Å². The van der Waals surface area contributed by atoms with Crippen LogP contribution in [0.3, 0.4) is 0 Å². The van der Waals surface area contributed by atoms with Gasteiger partial charge >= 0.3 is 6.18 Å². The van der Waals surface area contributed by atoms with Gasteiger partial charge in [0.25, 0.3) is 5.91 Å². The molecular formula is C27H31F3N6O2. The van der Waals surface area contributed by atoms with E-state index < -0.39 is 11.7 Å². The van der Waals surface area contributed by atoms with Crippen LogP contribution in [0.4, 0.5) is 30.4 Å². The van der Waals surface area contributed by atoms with Gasteiger partial charge in [-0.05, 0) is 37.8 Å². The van der Waals surface area contributed by atoms with E-state index in [4.69, 9.17) is 4.74 Å². The summed E-state index contributed by atoms with van der Waals surface area (Å²) in [5.74, 6) is 1.82. The number of alkyl halides is 3. The first-order valence-corrected chi connectivity index (χ1v) is 13.2. The number of hydrogen-bond donors (Lipinski definition) is 3. The molecule has 0 radical (unpaired) electrons. The first kappa shape index (κ1) is 24.8. The van der Waals surface area contributed by atoms with Gasteiger partial charge in [-0.15, -0.1) is 0 Å². The summed E-state index contributed by atoms with van der Waals surface area (Å²) in [7, 11) is 0. The molecule has 3 N–H and O–H groups in total. The Balaban J connectivity index is 1.24. The number of carbonyl (C=O) groups is 1. The lowest BCUT2D eigenvalue weighted by atomic mass is 10.0. The Bertz CT molecular complexity index is 1360. The van der Waals surface area contributed by atoms with Gasteiger partial charge in [0.05, 0.1) is 23.2 Å². The van der Waals surface area contributed by atoms with E-state index >= 15 is 0 Å².